The molecule has 0 saturated heterocycles. The molecule has 156 valence electrons. The lowest BCUT2D eigenvalue weighted by Gasteiger charge is -2.28. The normalized spacial score (nSPS) is 13.5. The number of hydrogen-bond donors (Lipinski definition) is 0. The Hall–Kier alpha value is -2.11. The molecule has 1 atom stereocenters. The maximum Gasteiger partial charge on any atom is 0.259 e. The van der Waals surface area contributed by atoms with Crippen LogP contribution in [-0.2, 0) is 12.0 Å². The van der Waals surface area contributed by atoms with Crippen LogP contribution in [0.2, 0.25) is 0 Å². The summed E-state index contributed by atoms with van der Waals surface area (Å²) in [6.45, 7) is 23.1. The Bertz CT molecular complexity index is 859. The van der Waals surface area contributed by atoms with E-state index in [9.17, 15) is 0 Å². The van der Waals surface area contributed by atoms with Crippen LogP contribution in [-0.4, -0.2) is 25.0 Å². The number of rotatable bonds is 9. The van der Waals surface area contributed by atoms with Crippen LogP contribution in [0.15, 0.2) is 36.4 Å². The number of aryl methyl sites for hydroxylation is 4. The van der Waals surface area contributed by atoms with E-state index in [0.717, 1.165) is 32.4 Å². The van der Waals surface area contributed by atoms with Gasteiger partial charge in [-0.2, -0.15) is 0 Å². The zero-order valence-corrected chi connectivity index (χ0v) is 19.5. The summed E-state index contributed by atoms with van der Waals surface area (Å²) in [5.74, 6) is 0.294. The molecule has 0 saturated carbocycles. The summed E-state index contributed by atoms with van der Waals surface area (Å²) >= 11 is 0. The third kappa shape index (κ3) is 5.71. The standard InChI is InChI=1S/C27H38N2/c1-20(2)27(28-7,26-13-11-22(4)24(6)19-26)15-9-16-29(8)17-14-25-12-10-21(3)23(5)18-25/h10-13,18-20H,9,14-17H2,1-6,8H3. The van der Waals surface area contributed by atoms with Crippen molar-refractivity contribution in [3.05, 3.63) is 81.2 Å². The van der Waals surface area contributed by atoms with Crippen molar-refractivity contribution in [3.8, 4) is 0 Å². The fourth-order valence-electron chi connectivity index (χ4n) is 4.04. The van der Waals surface area contributed by atoms with E-state index >= 15 is 0 Å². The van der Waals surface area contributed by atoms with Gasteiger partial charge in [0.2, 0.25) is 0 Å². The Morgan fingerprint density at radius 2 is 1.52 bits per heavy atom. The van der Waals surface area contributed by atoms with Crippen LogP contribution >= 0.6 is 0 Å². The average molecular weight is 391 g/mol. The first-order chi connectivity index (χ1) is 13.7. The zero-order valence-electron chi connectivity index (χ0n) is 19.5. The van der Waals surface area contributed by atoms with Gasteiger partial charge in [0.15, 0.2) is 0 Å². The third-order valence-corrected chi connectivity index (χ3v) is 6.61. The smallest absolute Gasteiger partial charge is 0.259 e. The Morgan fingerprint density at radius 1 is 0.897 bits per heavy atom. The summed E-state index contributed by atoms with van der Waals surface area (Å²) in [6, 6.07) is 13.4. The molecular weight excluding hydrogens is 352 g/mol. The predicted molar refractivity (Wildman–Crippen MR) is 125 cm³/mol. The molecule has 0 aliphatic rings. The van der Waals surface area contributed by atoms with Gasteiger partial charge in [0.05, 0.1) is 0 Å². The SMILES string of the molecule is [C-]#[N+]C(CCCN(C)CCc1ccc(C)c(C)c1)(c1ccc(C)c(C)c1)C(C)C. The molecule has 0 spiro atoms. The van der Waals surface area contributed by atoms with Gasteiger partial charge in [-0.15, -0.1) is 0 Å². The van der Waals surface area contributed by atoms with Crippen molar-refractivity contribution in [3.63, 3.8) is 0 Å². The van der Waals surface area contributed by atoms with Crippen molar-refractivity contribution in [2.75, 3.05) is 20.1 Å². The van der Waals surface area contributed by atoms with Crippen molar-refractivity contribution in [1.29, 1.82) is 0 Å². The predicted octanol–water partition coefficient (Wildman–Crippen LogP) is 6.65. The van der Waals surface area contributed by atoms with Crippen LogP contribution in [0.25, 0.3) is 4.85 Å². The van der Waals surface area contributed by atoms with E-state index in [4.69, 9.17) is 6.57 Å². The van der Waals surface area contributed by atoms with E-state index in [1.165, 1.54) is 33.4 Å². The molecule has 2 heteroatoms. The van der Waals surface area contributed by atoms with Gasteiger partial charge < -0.3 is 9.74 Å². The second kappa shape index (κ2) is 10.1. The van der Waals surface area contributed by atoms with Gasteiger partial charge >= 0.3 is 0 Å². The van der Waals surface area contributed by atoms with Crippen molar-refractivity contribution >= 4 is 0 Å². The fourth-order valence-corrected chi connectivity index (χ4v) is 4.04. The zero-order chi connectivity index (χ0) is 21.6. The molecule has 2 rings (SSSR count). The second-order valence-electron chi connectivity index (χ2n) is 9.07. The average Bonchev–Trinajstić information content (AvgIpc) is 2.68. The van der Waals surface area contributed by atoms with Crippen LogP contribution < -0.4 is 0 Å². The molecule has 0 amide bonds. The van der Waals surface area contributed by atoms with Gasteiger partial charge in [0, 0.05) is 24.4 Å². The lowest BCUT2D eigenvalue weighted by atomic mass is 9.76. The highest BCUT2D eigenvalue weighted by molar-refractivity contribution is 5.37. The topological polar surface area (TPSA) is 7.60 Å². The van der Waals surface area contributed by atoms with Crippen molar-refractivity contribution in [2.24, 2.45) is 5.92 Å². The lowest BCUT2D eigenvalue weighted by Crippen LogP contribution is -2.31. The van der Waals surface area contributed by atoms with Crippen molar-refractivity contribution < 1.29 is 0 Å². The molecule has 0 aliphatic heterocycles. The molecule has 2 nitrogen and oxygen atoms in total. The van der Waals surface area contributed by atoms with E-state index in [1.807, 2.05) is 0 Å². The fraction of sp³-hybridized carbons (Fsp3) is 0.519. The summed E-state index contributed by atoms with van der Waals surface area (Å²) < 4.78 is 0. The summed E-state index contributed by atoms with van der Waals surface area (Å²) in [5.41, 5.74) is 7.48. The summed E-state index contributed by atoms with van der Waals surface area (Å²) in [5, 5.41) is 0. The molecular formula is C27H38N2. The van der Waals surface area contributed by atoms with E-state index < -0.39 is 5.54 Å². The number of nitrogens with zero attached hydrogens (tertiary/aromatic N) is 2. The Labute approximate surface area is 178 Å². The Kier molecular flexibility index (Phi) is 8.05. The van der Waals surface area contributed by atoms with Crippen LogP contribution in [0.1, 0.15) is 60.1 Å². The van der Waals surface area contributed by atoms with E-state index in [-0.39, 0.29) is 0 Å². The third-order valence-electron chi connectivity index (χ3n) is 6.61. The largest absolute Gasteiger partial charge is 0.306 e. The summed E-state index contributed by atoms with van der Waals surface area (Å²) in [4.78, 5) is 6.61. The molecule has 0 heterocycles. The molecule has 0 radical (unpaired) electrons. The summed E-state index contributed by atoms with van der Waals surface area (Å²) in [6.07, 6.45) is 3.02. The minimum Gasteiger partial charge on any atom is -0.306 e. The van der Waals surface area contributed by atoms with E-state index in [1.54, 1.807) is 0 Å². The molecule has 0 aliphatic carbocycles. The molecule has 2 aromatic rings. The molecule has 0 bridgehead atoms. The Balaban J connectivity index is 1.98. The van der Waals surface area contributed by atoms with Crippen molar-refractivity contribution in [1.82, 2.24) is 4.90 Å². The first kappa shape index (κ1) is 23.2. The van der Waals surface area contributed by atoms with Crippen LogP contribution in [0, 0.1) is 40.2 Å². The minimum atomic E-state index is -0.423. The molecule has 0 N–H and O–H groups in total. The quantitative estimate of drug-likeness (QED) is 0.435. The van der Waals surface area contributed by atoms with Crippen LogP contribution in [0.3, 0.4) is 0 Å². The lowest BCUT2D eigenvalue weighted by molar-refractivity contribution is 0.288. The molecule has 0 fully saturated rings. The summed E-state index contributed by atoms with van der Waals surface area (Å²) in [7, 11) is 2.20. The molecule has 29 heavy (non-hydrogen) atoms. The second-order valence-corrected chi connectivity index (χ2v) is 9.07. The van der Waals surface area contributed by atoms with Gasteiger partial charge in [-0.3, -0.25) is 0 Å². The molecule has 0 aromatic heterocycles. The van der Waals surface area contributed by atoms with E-state index in [2.05, 4.69) is 94.7 Å². The number of likely N-dealkylation sites (N-methyl/N-ethyl adjacent to an activating group) is 1. The minimum absolute atomic E-state index is 0.294. The van der Waals surface area contributed by atoms with Gasteiger partial charge in [-0.25, -0.2) is 6.57 Å². The first-order valence-corrected chi connectivity index (χ1v) is 10.9. The van der Waals surface area contributed by atoms with Gasteiger partial charge in [-0.1, -0.05) is 44.2 Å². The number of hydrogen-bond acceptors (Lipinski definition) is 1. The van der Waals surface area contributed by atoms with Gasteiger partial charge in [-0.05, 0) is 88.0 Å². The van der Waals surface area contributed by atoms with E-state index in [0.29, 0.717) is 5.92 Å². The van der Waals surface area contributed by atoms with Crippen LogP contribution in [0.5, 0.6) is 0 Å². The molecule has 2 aromatic carbocycles. The maximum atomic E-state index is 8.03. The monoisotopic (exact) mass is 390 g/mol. The van der Waals surface area contributed by atoms with Gasteiger partial charge in [0.1, 0.15) is 0 Å². The van der Waals surface area contributed by atoms with Crippen LogP contribution in [0.4, 0.5) is 0 Å². The highest BCUT2D eigenvalue weighted by Gasteiger charge is 2.42. The van der Waals surface area contributed by atoms with Gasteiger partial charge in [0.25, 0.3) is 5.54 Å². The highest BCUT2D eigenvalue weighted by atomic mass is 15.1. The van der Waals surface area contributed by atoms with Crippen molar-refractivity contribution in [2.45, 2.75) is 66.3 Å². The Morgan fingerprint density at radius 3 is 2.07 bits per heavy atom. The first-order valence-electron chi connectivity index (χ1n) is 10.9. The maximum absolute atomic E-state index is 8.03. The number of benzene rings is 2. The highest BCUT2D eigenvalue weighted by Crippen LogP contribution is 2.39. The molecule has 1 unspecified atom stereocenters.